The lowest BCUT2D eigenvalue weighted by atomic mass is 9.82. The topological polar surface area (TPSA) is 48.3 Å². The number of fused-ring (bicyclic) bond motifs is 2. The first-order valence-electron chi connectivity index (χ1n) is 8.31. The Bertz CT molecular complexity index is 689. The minimum Gasteiger partial charge on any atom is -0.497 e. The number of aromatic nitrogens is 2. The summed E-state index contributed by atoms with van der Waals surface area (Å²) in [5.41, 5.74) is 3.86. The largest absolute Gasteiger partial charge is 0.497 e. The van der Waals surface area contributed by atoms with Crippen LogP contribution in [0.5, 0.6) is 5.75 Å². The third-order valence-electron chi connectivity index (χ3n) is 5.06. The lowest BCUT2D eigenvalue weighted by molar-refractivity contribution is 0.0322. The van der Waals surface area contributed by atoms with Gasteiger partial charge >= 0.3 is 0 Å². The van der Waals surface area contributed by atoms with E-state index in [-0.39, 0.29) is 5.54 Å². The molecule has 1 spiro atoms. The van der Waals surface area contributed by atoms with Crippen molar-refractivity contribution < 1.29 is 9.47 Å². The van der Waals surface area contributed by atoms with Crippen LogP contribution in [0.3, 0.4) is 0 Å². The van der Waals surface area contributed by atoms with Crippen LogP contribution in [0.15, 0.2) is 30.6 Å². The van der Waals surface area contributed by atoms with Crippen LogP contribution in [0, 0.1) is 0 Å². The summed E-state index contributed by atoms with van der Waals surface area (Å²) in [4.78, 5) is 4.79. The third kappa shape index (κ3) is 2.64. The molecule has 0 radical (unpaired) electrons. The summed E-state index contributed by atoms with van der Waals surface area (Å²) in [5, 5.41) is 3.71. The van der Waals surface area contributed by atoms with Crippen LogP contribution in [-0.2, 0) is 23.2 Å². The van der Waals surface area contributed by atoms with Gasteiger partial charge in [0.1, 0.15) is 5.75 Å². The van der Waals surface area contributed by atoms with E-state index in [9.17, 15) is 0 Å². The monoisotopic (exact) mass is 313 g/mol. The molecule has 0 amide bonds. The number of nitrogens with one attached hydrogen (secondary N) is 1. The zero-order valence-electron chi connectivity index (χ0n) is 13.5. The molecular formula is C18H23N3O2. The predicted molar refractivity (Wildman–Crippen MR) is 87.8 cm³/mol. The molecule has 4 rings (SSSR count). The van der Waals surface area contributed by atoms with Gasteiger partial charge in [-0.3, -0.25) is 0 Å². The number of ether oxygens (including phenoxy) is 2. The molecule has 1 fully saturated rings. The summed E-state index contributed by atoms with van der Waals surface area (Å²) in [6, 6.07) is 8.25. The van der Waals surface area contributed by atoms with Crippen LogP contribution < -0.4 is 10.1 Å². The molecule has 0 unspecified atom stereocenters. The average Bonchev–Trinajstić information content (AvgIpc) is 3.01. The Morgan fingerprint density at radius 2 is 2.22 bits per heavy atom. The number of nitrogens with zero attached hydrogens (tertiary/aromatic N) is 2. The standard InChI is InChI=1S/C18H23N3O2/c1-22-15-4-2-3-14(11-15)12-21-13-19-17-16(21)5-8-20-18(17)6-9-23-10-7-18/h2-4,11,13,20H,5-10,12H2,1H3. The Balaban J connectivity index is 1.64. The molecule has 5 heteroatoms. The summed E-state index contributed by atoms with van der Waals surface area (Å²) in [6.07, 6.45) is 5.04. The number of benzene rings is 1. The fraction of sp³-hybridized carbons (Fsp3) is 0.500. The van der Waals surface area contributed by atoms with Crippen molar-refractivity contribution in [2.75, 3.05) is 26.9 Å². The third-order valence-corrected chi connectivity index (χ3v) is 5.06. The second-order valence-corrected chi connectivity index (χ2v) is 6.39. The Kier molecular flexibility index (Phi) is 3.83. The van der Waals surface area contributed by atoms with E-state index < -0.39 is 0 Å². The smallest absolute Gasteiger partial charge is 0.119 e. The normalized spacial score (nSPS) is 19.5. The molecule has 122 valence electrons. The maximum Gasteiger partial charge on any atom is 0.119 e. The van der Waals surface area contributed by atoms with Crippen LogP contribution in [0.2, 0.25) is 0 Å². The maximum atomic E-state index is 5.55. The first kappa shape index (κ1) is 14.7. The number of methoxy groups -OCH3 is 1. The van der Waals surface area contributed by atoms with Gasteiger partial charge in [-0.05, 0) is 30.5 Å². The quantitative estimate of drug-likeness (QED) is 0.943. The summed E-state index contributed by atoms with van der Waals surface area (Å²) in [5.74, 6) is 0.902. The number of imidazole rings is 1. The van der Waals surface area contributed by atoms with Gasteiger partial charge in [-0.1, -0.05) is 12.1 Å². The molecule has 23 heavy (non-hydrogen) atoms. The number of hydrogen-bond acceptors (Lipinski definition) is 4. The highest BCUT2D eigenvalue weighted by Gasteiger charge is 2.40. The summed E-state index contributed by atoms with van der Waals surface area (Å²) < 4.78 is 13.2. The van der Waals surface area contributed by atoms with E-state index in [1.54, 1.807) is 7.11 Å². The van der Waals surface area contributed by atoms with Crippen molar-refractivity contribution in [2.24, 2.45) is 0 Å². The fourth-order valence-corrected chi connectivity index (χ4v) is 3.81. The van der Waals surface area contributed by atoms with Gasteiger partial charge in [0, 0.05) is 38.4 Å². The maximum absolute atomic E-state index is 5.55. The zero-order valence-corrected chi connectivity index (χ0v) is 13.5. The van der Waals surface area contributed by atoms with E-state index in [2.05, 4.69) is 22.0 Å². The van der Waals surface area contributed by atoms with Crippen LogP contribution in [0.1, 0.15) is 29.8 Å². The van der Waals surface area contributed by atoms with Gasteiger partial charge in [-0.2, -0.15) is 0 Å². The minimum atomic E-state index is 0.0193. The molecule has 1 saturated heterocycles. The minimum absolute atomic E-state index is 0.0193. The summed E-state index contributed by atoms with van der Waals surface area (Å²) >= 11 is 0. The Hall–Kier alpha value is -1.85. The van der Waals surface area contributed by atoms with Gasteiger partial charge in [0.05, 0.1) is 24.7 Å². The molecule has 0 saturated carbocycles. The Morgan fingerprint density at radius 3 is 3.04 bits per heavy atom. The molecule has 1 N–H and O–H groups in total. The molecule has 2 aliphatic heterocycles. The van der Waals surface area contributed by atoms with Gasteiger partial charge in [0.2, 0.25) is 0 Å². The highest BCUT2D eigenvalue weighted by atomic mass is 16.5. The van der Waals surface area contributed by atoms with Gasteiger partial charge in [0.25, 0.3) is 0 Å². The first-order chi connectivity index (χ1) is 11.3. The molecule has 0 aliphatic carbocycles. The van der Waals surface area contributed by atoms with Crippen LogP contribution in [0.4, 0.5) is 0 Å². The summed E-state index contributed by atoms with van der Waals surface area (Å²) in [7, 11) is 1.71. The van der Waals surface area contributed by atoms with Crippen LogP contribution >= 0.6 is 0 Å². The van der Waals surface area contributed by atoms with E-state index in [0.717, 1.165) is 51.3 Å². The average molecular weight is 313 g/mol. The van der Waals surface area contributed by atoms with Crippen LogP contribution in [-0.4, -0.2) is 36.4 Å². The van der Waals surface area contributed by atoms with Crippen molar-refractivity contribution in [3.8, 4) is 5.75 Å². The SMILES string of the molecule is COc1cccc(Cn2cnc3c2CCNC32CCOCC2)c1. The van der Waals surface area contributed by atoms with Crippen molar-refractivity contribution >= 4 is 0 Å². The lowest BCUT2D eigenvalue weighted by Crippen LogP contribution is -2.51. The van der Waals surface area contributed by atoms with Crippen molar-refractivity contribution in [3.63, 3.8) is 0 Å². The van der Waals surface area contributed by atoms with Crippen LogP contribution in [0.25, 0.3) is 0 Å². The molecule has 3 heterocycles. The molecule has 2 aliphatic rings. The molecule has 0 bridgehead atoms. The summed E-state index contributed by atoms with van der Waals surface area (Å²) in [6.45, 7) is 3.48. The molecule has 2 aromatic rings. The van der Waals surface area contributed by atoms with Gasteiger partial charge in [-0.25, -0.2) is 4.98 Å². The van der Waals surface area contributed by atoms with Crippen molar-refractivity contribution in [1.82, 2.24) is 14.9 Å². The van der Waals surface area contributed by atoms with Crippen molar-refractivity contribution in [2.45, 2.75) is 31.3 Å². The van der Waals surface area contributed by atoms with Gasteiger partial charge in [-0.15, -0.1) is 0 Å². The van der Waals surface area contributed by atoms with Gasteiger partial charge in [0.15, 0.2) is 0 Å². The highest BCUT2D eigenvalue weighted by molar-refractivity contribution is 5.31. The fourth-order valence-electron chi connectivity index (χ4n) is 3.81. The molecule has 5 nitrogen and oxygen atoms in total. The van der Waals surface area contributed by atoms with Crippen molar-refractivity contribution in [3.05, 3.63) is 47.5 Å². The lowest BCUT2D eigenvalue weighted by Gasteiger charge is -2.40. The Morgan fingerprint density at radius 1 is 1.35 bits per heavy atom. The second kappa shape index (κ2) is 5.98. The first-order valence-corrected chi connectivity index (χ1v) is 8.31. The van der Waals surface area contributed by atoms with E-state index in [0.29, 0.717) is 0 Å². The van der Waals surface area contributed by atoms with Gasteiger partial charge < -0.3 is 19.4 Å². The van der Waals surface area contributed by atoms with E-state index in [4.69, 9.17) is 14.5 Å². The molecule has 1 aromatic carbocycles. The molecule has 0 atom stereocenters. The van der Waals surface area contributed by atoms with Crippen molar-refractivity contribution in [1.29, 1.82) is 0 Å². The zero-order chi connectivity index (χ0) is 15.7. The number of rotatable bonds is 3. The predicted octanol–water partition coefficient (Wildman–Crippen LogP) is 2.09. The highest BCUT2D eigenvalue weighted by Crippen LogP contribution is 2.36. The molecule has 1 aromatic heterocycles. The Labute approximate surface area is 136 Å². The molecular weight excluding hydrogens is 290 g/mol. The van der Waals surface area contributed by atoms with E-state index >= 15 is 0 Å². The van der Waals surface area contributed by atoms with E-state index in [1.165, 1.54) is 17.0 Å². The van der Waals surface area contributed by atoms with E-state index in [1.807, 2.05) is 18.5 Å². The second-order valence-electron chi connectivity index (χ2n) is 6.39. The number of hydrogen-bond donors (Lipinski definition) is 1.